The van der Waals surface area contributed by atoms with Crippen molar-refractivity contribution in [2.24, 2.45) is 0 Å². The van der Waals surface area contributed by atoms with Crippen molar-refractivity contribution in [1.82, 2.24) is 9.21 Å². The number of carbonyl (C=O) groups is 2. The van der Waals surface area contributed by atoms with Gasteiger partial charge in [-0.15, -0.1) is 0 Å². The quantitative estimate of drug-likeness (QED) is 0.681. The Morgan fingerprint density at radius 1 is 1.19 bits per heavy atom. The van der Waals surface area contributed by atoms with Crippen LogP contribution in [0.5, 0.6) is 0 Å². The minimum atomic E-state index is -3.24. The van der Waals surface area contributed by atoms with Crippen molar-refractivity contribution in [3.8, 4) is 0 Å². The zero-order valence-corrected chi connectivity index (χ0v) is 16.5. The Balaban J connectivity index is 1.97. The third kappa shape index (κ3) is 6.30. The van der Waals surface area contributed by atoms with Crippen molar-refractivity contribution in [2.75, 3.05) is 37.2 Å². The number of nitrogens with one attached hydrogen (secondary N) is 1. The van der Waals surface area contributed by atoms with Crippen LogP contribution in [0.4, 0.5) is 5.69 Å². The fraction of sp³-hybridized carbons (Fsp3) is 0.556. The highest BCUT2D eigenvalue weighted by Crippen LogP contribution is 2.19. The van der Waals surface area contributed by atoms with E-state index >= 15 is 0 Å². The fourth-order valence-electron chi connectivity index (χ4n) is 3.18. The van der Waals surface area contributed by atoms with Gasteiger partial charge in [0.1, 0.15) is 0 Å². The van der Waals surface area contributed by atoms with Gasteiger partial charge in [-0.1, -0.05) is 17.7 Å². The van der Waals surface area contributed by atoms with E-state index in [-0.39, 0.29) is 30.8 Å². The topological polar surface area (TPSA) is 107 Å². The number of carboxylic acid groups (broad SMARTS) is 1. The number of hydrogen-bond donors (Lipinski definition) is 2. The Labute approximate surface area is 160 Å². The Kier molecular flexibility index (Phi) is 7.34. The highest BCUT2D eigenvalue weighted by molar-refractivity contribution is 7.89. The molecule has 150 valence electrons. The monoisotopic (exact) mass is 397 g/mol. The molecule has 0 unspecified atom stereocenters. The maximum atomic E-state index is 12.3. The summed E-state index contributed by atoms with van der Waals surface area (Å²) in [6.07, 6.45) is 1.01. The van der Waals surface area contributed by atoms with Crippen molar-refractivity contribution in [2.45, 2.75) is 32.7 Å². The average Bonchev–Trinajstić information content (AvgIpc) is 2.63. The van der Waals surface area contributed by atoms with E-state index in [0.29, 0.717) is 31.6 Å². The SMILES string of the molecule is CCS(=O)(=O)N1CCC(N(CC(=O)O)CC(=O)Nc2ccc(C)cc2)CC1. The maximum absolute atomic E-state index is 12.3. The number of carbonyl (C=O) groups excluding carboxylic acids is 1. The Bertz CT molecular complexity index is 756. The molecule has 1 amide bonds. The molecule has 2 N–H and O–H groups in total. The lowest BCUT2D eigenvalue weighted by Gasteiger charge is -2.36. The molecule has 0 radical (unpaired) electrons. The number of piperidine rings is 1. The summed E-state index contributed by atoms with van der Waals surface area (Å²) >= 11 is 0. The van der Waals surface area contributed by atoms with Crippen LogP contribution >= 0.6 is 0 Å². The van der Waals surface area contributed by atoms with Crippen LogP contribution in [0.15, 0.2) is 24.3 Å². The standard InChI is InChI=1S/C18H27N3O5S/c1-3-27(25,26)21-10-8-16(9-11-21)20(13-18(23)24)12-17(22)19-15-6-4-14(2)5-7-15/h4-7,16H,3,8-13H2,1-2H3,(H,19,22)(H,23,24). The van der Waals surface area contributed by atoms with Crippen molar-refractivity contribution >= 4 is 27.6 Å². The van der Waals surface area contributed by atoms with Crippen molar-refractivity contribution in [3.63, 3.8) is 0 Å². The third-order valence-corrected chi connectivity index (χ3v) is 6.60. The first-order chi connectivity index (χ1) is 12.7. The molecule has 0 spiro atoms. The second-order valence-corrected chi connectivity index (χ2v) is 9.00. The summed E-state index contributed by atoms with van der Waals surface area (Å²) in [6.45, 7) is 3.93. The number of rotatable bonds is 8. The largest absolute Gasteiger partial charge is 0.480 e. The van der Waals surface area contributed by atoms with Gasteiger partial charge in [0.15, 0.2) is 0 Å². The maximum Gasteiger partial charge on any atom is 0.317 e. The zero-order chi connectivity index (χ0) is 20.0. The van der Waals surface area contributed by atoms with Crippen LogP contribution in [0.1, 0.15) is 25.3 Å². The summed E-state index contributed by atoms with van der Waals surface area (Å²) in [5.41, 5.74) is 1.74. The summed E-state index contributed by atoms with van der Waals surface area (Å²) < 4.78 is 25.4. The van der Waals surface area contributed by atoms with Crippen LogP contribution < -0.4 is 5.32 Å². The molecule has 0 aliphatic carbocycles. The lowest BCUT2D eigenvalue weighted by atomic mass is 10.0. The number of aliphatic carboxylic acids is 1. The van der Waals surface area contributed by atoms with Gasteiger partial charge in [0.25, 0.3) is 0 Å². The van der Waals surface area contributed by atoms with Gasteiger partial charge in [-0.25, -0.2) is 12.7 Å². The molecular weight excluding hydrogens is 370 g/mol. The Hall–Kier alpha value is -1.97. The molecule has 1 saturated heterocycles. The molecule has 27 heavy (non-hydrogen) atoms. The first-order valence-corrected chi connectivity index (χ1v) is 10.6. The Morgan fingerprint density at radius 2 is 1.78 bits per heavy atom. The number of benzene rings is 1. The van der Waals surface area contributed by atoms with Crippen LogP contribution in [0, 0.1) is 6.92 Å². The van der Waals surface area contributed by atoms with E-state index in [1.165, 1.54) is 4.31 Å². The lowest BCUT2D eigenvalue weighted by Crippen LogP contribution is -2.50. The summed E-state index contributed by atoms with van der Waals surface area (Å²) in [6, 6.07) is 7.21. The number of sulfonamides is 1. The van der Waals surface area contributed by atoms with Crippen molar-refractivity contribution in [1.29, 1.82) is 0 Å². The first kappa shape index (κ1) is 21.3. The number of anilines is 1. The van der Waals surface area contributed by atoms with E-state index in [1.54, 1.807) is 24.0 Å². The molecule has 1 fully saturated rings. The molecule has 1 aromatic carbocycles. The normalized spacial score (nSPS) is 16.4. The number of nitrogens with zero attached hydrogens (tertiary/aromatic N) is 2. The van der Waals surface area contributed by atoms with Gasteiger partial charge in [-0.05, 0) is 38.8 Å². The van der Waals surface area contributed by atoms with Gasteiger partial charge in [0.2, 0.25) is 15.9 Å². The van der Waals surface area contributed by atoms with Gasteiger partial charge >= 0.3 is 5.97 Å². The van der Waals surface area contributed by atoms with E-state index in [1.807, 2.05) is 19.1 Å². The summed E-state index contributed by atoms with van der Waals surface area (Å²) in [4.78, 5) is 25.2. The predicted octanol–water partition coefficient (Wildman–Crippen LogP) is 1.13. The van der Waals surface area contributed by atoms with Crippen LogP contribution in [0.2, 0.25) is 0 Å². The molecule has 1 aliphatic rings. The molecule has 0 atom stereocenters. The molecule has 1 aromatic rings. The van der Waals surface area contributed by atoms with Crippen molar-refractivity contribution in [3.05, 3.63) is 29.8 Å². The molecule has 0 saturated carbocycles. The first-order valence-electron chi connectivity index (χ1n) is 9.01. The highest BCUT2D eigenvalue weighted by atomic mass is 32.2. The summed E-state index contributed by atoms with van der Waals surface area (Å²) in [7, 11) is -3.24. The van der Waals surface area contributed by atoms with Gasteiger partial charge in [0.05, 0.1) is 18.8 Å². The van der Waals surface area contributed by atoms with Gasteiger partial charge in [-0.2, -0.15) is 0 Å². The minimum absolute atomic E-state index is 0.0502. The van der Waals surface area contributed by atoms with Crippen LogP contribution in [-0.2, 0) is 19.6 Å². The predicted molar refractivity (Wildman–Crippen MR) is 103 cm³/mol. The molecule has 8 nitrogen and oxygen atoms in total. The fourth-order valence-corrected chi connectivity index (χ4v) is 4.31. The van der Waals surface area contributed by atoms with E-state index in [0.717, 1.165) is 5.56 Å². The molecule has 0 bridgehead atoms. The molecule has 1 aliphatic heterocycles. The lowest BCUT2D eigenvalue weighted by molar-refractivity contribution is -0.139. The van der Waals surface area contributed by atoms with E-state index < -0.39 is 16.0 Å². The van der Waals surface area contributed by atoms with E-state index in [2.05, 4.69) is 5.32 Å². The minimum Gasteiger partial charge on any atom is -0.480 e. The number of carboxylic acids is 1. The van der Waals surface area contributed by atoms with E-state index in [4.69, 9.17) is 0 Å². The summed E-state index contributed by atoms with van der Waals surface area (Å²) in [5.74, 6) is -1.25. The Morgan fingerprint density at radius 3 is 2.30 bits per heavy atom. The van der Waals surface area contributed by atoms with Crippen LogP contribution in [-0.4, -0.2) is 72.6 Å². The number of hydrogen-bond acceptors (Lipinski definition) is 5. The number of aryl methyl sites for hydroxylation is 1. The third-order valence-electron chi connectivity index (χ3n) is 4.72. The molecule has 9 heteroatoms. The van der Waals surface area contributed by atoms with Crippen LogP contribution in [0.3, 0.4) is 0 Å². The summed E-state index contributed by atoms with van der Waals surface area (Å²) in [5, 5.41) is 12.0. The number of amides is 1. The zero-order valence-electron chi connectivity index (χ0n) is 15.7. The van der Waals surface area contributed by atoms with Gasteiger partial charge < -0.3 is 10.4 Å². The molecular formula is C18H27N3O5S. The van der Waals surface area contributed by atoms with Gasteiger partial charge in [-0.3, -0.25) is 14.5 Å². The molecule has 0 aromatic heterocycles. The molecule has 2 rings (SSSR count). The second-order valence-electron chi connectivity index (χ2n) is 6.74. The average molecular weight is 397 g/mol. The van der Waals surface area contributed by atoms with E-state index in [9.17, 15) is 23.1 Å². The second kappa shape index (κ2) is 9.29. The van der Waals surface area contributed by atoms with Crippen molar-refractivity contribution < 1.29 is 23.1 Å². The highest BCUT2D eigenvalue weighted by Gasteiger charge is 2.31. The molecule has 1 heterocycles. The van der Waals surface area contributed by atoms with Gasteiger partial charge in [0, 0.05) is 24.8 Å². The smallest absolute Gasteiger partial charge is 0.317 e. The van der Waals surface area contributed by atoms with Crippen LogP contribution in [0.25, 0.3) is 0 Å².